The van der Waals surface area contributed by atoms with E-state index in [2.05, 4.69) is 27.7 Å². The van der Waals surface area contributed by atoms with Crippen LogP contribution in [-0.2, 0) is 12.0 Å². The number of aryl methyl sites for hydroxylation is 1. The molecule has 0 saturated carbocycles. The number of rotatable bonds is 4. The summed E-state index contributed by atoms with van der Waals surface area (Å²) in [5, 5.41) is 3.01. The third-order valence-corrected chi connectivity index (χ3v) is 5.39. The molecule has 0 unspecified atom stereocenters. The number of hydroxylamine groups is 2. The average Bonchev–Trinajstić information content (AvgIpc) is 3.18. The van der Waals surface area contributed by atoms with Gasteiger partial charge in [0.2, 0.25) is 0 Å². The van der Waals surface area contributed by atoms with Gasteiger partial charge in [0.1, 0.15) is 18.0 Å². The molecule has 152 valence electrons. The summed E-state index contributed by atoms with van der Waals surface area (Å²) in [6, 6.07) is 7.77. The molecule has 6 nitrogen and oxygen atoms in total. The van der Waals surface area contributed by atoms with Gasteiger partial charge in [-0.2, -0.15) is 4.57 Å². The van der Waals surface area contributed by atoms with Crippen LogP contribution in [0.5, 0.6) is 5.75 Å². The maximum absolute atomic E-state index is 5.98. The Hall–Kier alpha value is -1.83. The van der Waals surface area contributed by atoms with Crippen LogP contribution in [0.25, 0.3) is 16.9 Å². The fourth-order valence-corrected chi connectivity index (χ4v) is 4.02. The highest BCUT2D eigenvalue weighted by molar-refractivity contribution is 5.80. The lowest BCUT2D eigenvalue weighted by molar-refractivity contribution is -0.670. The van der Waals surface area contributed by atoms with E-state index >= 15 is 0 Å². The zero-order valence-electron chi connectivity index (χ0n) is 17.1. The second kappa shape index (κ2) is 7.54. The summed E-state index contributed by atoms with van der Waals surface area (Å²) >= 11 is 0. The first-order valence-electron chi connectivity index (χ1n) is 9.47. The molecule has 1 saturated heterocycles. The van der Waals surface area contributed by atoms with E-state index in [1.54, 1.807) is 0 Å². The smallest absolute Gasteiger partial charge is 0.294 e. The quantitative estimate of drug-likeness (QED) is 0.342. The molecule has 1 aliphatic heterocycles. The predicted molar refractivity (Wildman–Crippen MR) is 102 cm³/mol. The molecule has 1 aliphatic rings. The summed E-state index contributed by atoms with van der Waals surface area (Å²) in [6.07, 6.45) is 9.23. The number of aromatic nitrogens is 2. The molecular formula is C21H28BrN3O3. The largest absolute Gasteiger partial charge is 1.00 e. The number of piperidine rings is 1. The summed E-state index contributed by atoms with van der Waals surface area (Å²) in [5.41, 5.74) is 0.612. The minimum absolute atomic E-state index is 0. The molecule has 4 rings (SSSR count). The molecule has 3 aromatic rings. The Kier molecular flexibility index (Phi) is 5.62. The van der Waals surface area contributed by atoms with Gasteiger partial charge in [-0.1, -0.05) is 4.99 Å². The van der Waals surface area contributed by atoms with E-state index in [4.69, 9.17) is 14.3 Å². The van der Waals surface area contributed by atoms with Crippen molar-refractivity contribution in [3.05, 3.63) is 43.0 Å². The van der Waals surface area contributed by atoms with E-state index in [1.807, 2.05) is 64.2 Å². The van der Waals surface area contributed by atoms with Crippen LogP contribution in [-0.4, -0.2) is 20.7 Å². The fourth-order valence-electron chi connectivity index (χ4n) is 4.02. The van der Waals surface area contributed by atoms with Crippen molar-refractivity contribution in [1.29, 1.82) is 0 Å². The maximum atomic E-state index is 5.98. The van der Waals surface area contributed by atoms with Gasteiger partial charge in [0, 0.05) is 28.6 Å². The SMILES string of the molecule is C[n+]1ccn(-c2cc3ccc(OON4C(C)(C)CCCC4(C)C)cc3o2)c1.[Br-]. The summed E-state index contributed by atoms with van der Waals surface area (Å²) in [6.45, 7) is 8.76. The lowest BCUT2D eigenvalue weighted by atomic mass is 9.82. The maximum Gasteiger partial charge on any atom is 0.294 e. The molecule has 0 amide bonds. The van der Waals surface area contributed by atoms with Crippen LogP contribution in [0, 0.1) is 0 Å². The number of imidazole rings is 1. The lowest BCUT2D eigenvalue weighted by Crippen LogP contribution is -3.00. The van der Waals surface area contributed by atoms with Gasteiger partial charge in [-0.05, 0) is 59.1 Å². The monoisotopic (exact) mass is 449 g/mol. The molecule has 0 atom stereocenters. The van der Waals surface area contributed by atoms with E-state index in [-0.39, 0.29) is 28.1 Å². The van der Waals surface area contributed by atoms with Gasteiger partial charge in [-0.15, -0.1) is 5.06 Å². The molecular weight excluding hydrogens is 422 g/mol. The lowest BCUT2D eigenvalue weighted by Gasteiger charge is -2.49. The third kappa shape index (κ3) is 3.97. The van der Waals surface area contributed by atoms with Gasteiger partial charge in [0.25, 0.3) is 12.2 Å². The summed E-state index contributed by atoms with van der Waals surface area (Å²) in [7, 11) is 1.98. The van der Waals surface area contributed by atoms with Crippen molar-refractivity contribution < 1.29 is 35.8 Å². The predicted octanol–water partition coefficient (Wildman–Crippen LogP) is 1.32. The second-order valence-corrected chi connectivity index (χ2v) is 8.70. The fraction of sp³-hybridized carbons (Fsp3) is 0.476. The molecule has 0 aliphatic carbocycles. The molecule has 1 fully saturated rings. The Balaban J connectivity index is 0.00000225. The van der Waals surface area contributed by atoms with Crippen LogP contribution in [0.15, 0.2) is 47.4 Å². The van der Waals surface area contributed by atoms with Crippen LogP contribution >= 0.6 is 0 Å². The van der Waals surface area contributed by atoms with E-state index in [9.17, 15) is 0 Å². The van der Waals surface area contributed by atoms with Crippen molar-refractivity contribution >= 4 is 11.0 Å². The summed E-state index contributed by atoms with van der Waals surface area (Å²) in [4.78, 5) is 11.5. The van der Waals surface area contributed by atoms with Gasteiger partial charge in [-0.3, -0.25) is 0 Å². The zero-order valence-corrected chi connectivity index (χ0v) is 18.7. The molecule has 0 radical (unpaired) electrons. The van der Waals surface area contributed by atoms with Crippen molar-refractivity contribution in [2.45, 2.75) is 58.0 Å². The summed E-state index contributed by atoms with van der Waals surface area (Å²) < 4.78 is 9.89. The topological polar surface area (TPSA) is 43.6 Å². The van der Waals surface area contributed by atoms with Crippen LogP contribution in [0.1, 0.15) is 47.0 Å². The number of benzene rings is 1. The van der Waals surface area contributed by atoms with Crippen molar-refractivity contribution in [1.82, 2.24) is 9.63 Å². The molecule has 2 aromatic heterocycles. The number of nitrogens with zero attached hydrogens (tertiary/aromatic N) is 3. The van der Waals surface area contributed by atoms with Gasteiger partial charge >= 0.3 is 0 Å². The molecule has 7 heteroatoms. The Labute approximate surface area is 176 Å². The minimum Gasteiger partial charge on any atom is -1.00 e. The number of hydrogen-bond donors (Lipinski definition) is 0. The van der Waals surface area contributed by atoms with Gasteiger partial charge in [0.05, 0.1) is 7.05 Å². The van der Waals surface area contributed by atoms with Gasteiger partial charge in [0.15, 0.2) is 5.75 Å². The van der Waals surface area contributed by atoms with Crippen LogP contribution in [0.2, 0.25) is 0 Å². The number of hydrogen-bond acceptors (Lipinski definition) is 4. The summed E-state index contributed by atoms with van der Waals surface area (Å²) in [5.74, 6) is 1.39. The Morgan fingerprint density at radius 2 is 1.79 bits per heavy atom. The number of halogens is 1. The highest BCUT2D eigenvalue weighted by Crippen LogP contribution is 2.38. The zero-order chi connectivity index (χ0) is 19.2. The molecule has 0 bridgehead atoms. The Bertz CT molecular complexity index is 945. The van der Waals surface area contributed by atoms with Crippen molar-refractivity contribution in [2.75, 3.05) is 0 Å². The third-order valence-electron chi connectivity index (χ3n) is 5.39. The highest BCUT2D eigenvalue weighted by atomic mass is 79.9. The second-order valence-electron chi connectivity index (χ2n) is 8.70. The molecule has 1 aromatic carbocycles. The molecule has 3 heterocycles. The van der Waals surface area contributed by atoms with E-state index in [1.165, 1.54) is 6.42 Å². The van der Waals surface area contributed by atoms with Gasteiger partial charge < -0.3 is 26.3 Å². The molecule has 0 N–H and O–H groups in total. The van der Waals surface area contributed by atoms with E-state index in [0.29, 0.717) is 5.75 Å². The van der Waals surface area contributed by atoms with Crippen molar-refractivity contribution in [3.63, 3.8) is 0 Å². The normalized spacial score (nSPS) is 18.8. The number of fused-ring (bicyclic) bond motifs is 1. The highest BCUT2D eigenvalue weighted by Gasteiger charge is 2.43. The van der Waals surface area contributed by atoms with Crippen LogP contribution in [0.4, 0.5) is 0 Å². The molecule has 28 heavy (non-hydrogen) atoms. The van der Waals surface area contributed by atoms with E-state index in [0.717, 1.165) is 29.7 Å². The first-order chi connectivity index (χ1) is 12.7. The first-order valence-corrected chi connectivity index (χ1v) is 9.47. The van der Waals surface area contributed by atoms with Crippen molar-refractivity contribution in [2.24, 2.45) is 7.05 Å². The van der Waals surface area contributed by atoms with Crippen molar-refractivity contribution in [3.8, 4) is 11.6 Å². The number of furan rings is 1. The first kappa shape index (κ1) is 20.9. The average molecular weight is 450 g/mol. The molecule has 0 spiro atoms. The van der Waals surface area contributed by atoms with Crippen LogP contribution in [0.3, 0.4) is 0 Å². The van der Waals surface area contributed by atoms with Gasteiger partial charge in [-0.25, -0.2) is 4.57 Å². The Morgan fingerprint density at radius 3 is 2.43 bits per heavy atom. The standard InChI is InChI=1S/C21H28N3O3.BrH/c1-20(2)9-6-10-21(3,4)24(20)27-26-17-8-7-16-13-19(25-18(16)14-17)23-12-11-22(5)15-23;/h7-8,11-15H,6,9-10H2,1-5H3;1H/q+1;/p-1. The minimum atomic E-state index is -0.0757. The van der Waals surface area contributed by atoms with E-state index < -0.39 is 0 Å². The van der Waals surface area contributed by atoms with Crippen LogP contribution < -0.4 is 26.4 Å². The Morgan fingerprint density at radius 1 is 1.07 bits per heavy atom.